The smallest absolute Gasteiger partial charge is 0.150 e. The number of carbonyl (C=O) groups is 1. The first-order chi connectivity index (χ1) is 7.40. The molecule has 0 radical (unpaired) electrons. The second-order valence-electron chi connectivity index (χ2n) is 2.30. The van der Waals surface area contributed by atoms with Crippen molar-refractivity contribution >= 4 is 17.3 Å². The lowest BCUT2D eigenvalue weighted by atomic mass is 10.2. The number of imidazole rings is 1. The molecule has 3 nitrogen and oxygen atoms in total. The number of carbonyl (C=O) groups excluding carboxylic acids is 1. The number of fused-ring (bicyclic) bond motifs is 1. The Balaban J connectivity index is 0.000000442. The van der Waals surface area contributed by atoms with E-state index in [1.165, 1.54) is 0 Å². The molecule has 1 aromatic carbocycles. The number of nitrogens with zero attached hydrogens (tertiary/aromatic N) is 1. The van der Waals surface area contributed by atoms with Gasteiger partial charge in [0.25, 0.3) is 0 Å². The van der Waals surface area contributed by atoms with Gasteiger partial charge in [-0.1, -0.05) is 27.7 Å². The summed E-state index contributed by atoms with van der Waals surface area (Å²) in [7, 11) is 0. The van der Waals surface area contributed by atoms with Crippen LogP contribution < -0.4 is 0 Å². The van der Waals surface area contributed by atoms with E-state index in [9.17, 15) is 4.79 Å². The average Bonchev–Trinajstić information content (AvgIpc) is 2.81. The summed E-state index contributed by atoms with van der Waals surface area (Å²) >= 11 is 0. The molecule has 0 aliphatic heterocycles. The second-order valence-corrected chi connectivity index (χ2v) is 2.30. The molecule has 0 spiro atoms. The zero-order chi connectivity index (χ0) is 11.7. The van der Waals surface area contributed by atoms with Crippen LogP contribution in [-0.4, -0.2) is 16.3 Å². The van der Waals surface area contributed by atoms with Gasteiger partial charge in [0.05, 0.1) is 17.4 Å². The third-order valence-electron chi connectivity index (χ3n) is 1.58. The van der Waals surface area contributed by atoms with Gasteiger partial charge in [-0.2, -0.15) is 0 Å². The van der Waals surface area contributed by atoms with Crippen molar-refractivity contribution in [1.29, 1.82) is 0 Å². The third kappa shape index (κ3) is 3.54. The Labute approximate surface area is 90.5 Å². The number of H-pyrrole nitrogens is 1. The molecule has 0 atom stereocenters. The molecule has 0 aliphatic carbocycles. The van der Waals surface area contributed by atoms with Gasteiger partial charge >= 0.3 is 0 Å². The summed E-state index contributed by atoms with van der Waals surface area (Å²) in [5.41, 5.74) is 2.45. The zero-order valence-electron chi connectivity index (χ0n) is 9.74. The maximum Gasteiger partial charge on any atom is 0.150 e. The van der Waals surface area contributed by atoms with Gasteiger partial charge in [-0.3, -0.25) is 4.79 Å². The highest BCUT2D eigenvalue weighted by Crippen LogP contribution is 2.09. The summed E-state index contributed by atoms with van der Waals surface area (Å²) in [6.07, 6.45) is 2.43. The fraction of sp³-hybridized carbons (Fsp3) is 0.333. The molecule has 0 fully saturated rings. The van der Waals surface area contributed by atoms with E-state index in [1.807, 2.05) is 33.8 Å². The van der Waals surface area contributed by atoms with Crippen LogP contribution in [0.1, 0.15) is 38.1 Å². The van der Waals surface area contributed by atoms with E-state index in [4.69, 9.17) is 0 Å². The van der Waals surface area contributed by atoms with Crippen molar-refractivity contribution in [2.45, 2.75) is 27.7 Å². The van der Waals surface area contributed by atoms with Crippen molar-refractivity contribution in [1.82, 2.24) is 9.97 Å². The predicted octanol–water partition coefficient (Wildman–Crippen LogP) is 3.43. The van der Waals surface area contributed by atoms with Crippen LogP contribution in [0.4, 0.5) is 0 Å². The van der Waals surface area contributed by atoms with Crippen molar-refractivity contribution in [2.75, 3.05) is 0 Å². The van der Waals surface area contributed by atoms with Crippen LogP contribution in [0, 0.1) is 0 Å². The lowest BCUT2D eigenvalue weighted by molar-refractivity contribution is 0.112. The minimum atomic E-state index is 0.668. The van der Waals surface area contributed by atoms with E-state index in [0.29, 0.717) is 5.56 Å². The second kappa shape index (κ2) is 7.74. The summed E-state index contributed by atoms with van der Waals surface area (Å²) in [6.45, 7) is 8.00. The molecule has 2 aromatic rings. The number of rotatable bonds is 1. The number of aromatic amines is 1. The Kier molecular flexibility index (Phi) is 6.89. The molecule has 0 unspecified atom stereocenters. The SMILES string of the molecule is CC.CC.O=Cc1ccc2nc[nH]c2c1. The molecule has 3 heteroatoms. The molecule has 2 rings (SSSR count). The van der Waals surface area contributed by atoms with Gasteiger partial charge in [0, 0.05) is 5.56 Å². The van der Waals surface area contributed by atoms with Crippen molar-refractivity contribution < 1.29 is 4.79 Å². The lowest BCUT2D eigenvalue weighted by Gasteiger charge is -1.88. The highest BCUT2D eigenvalue weighted by molar-refractivity contribution is 5.84. The van der Waals surface area contributed by atoms with Gasteiger partial charge in [0.1, 0.15) is 6.29 Å². The van der Waals surface area contributed by atoms with Crippen LogP contribution in [0.25, 0.3) is 11.0 Å². The molecule has 0 amide bonds. The molecular formula is C12H18N2O. The molecule has 0 aliphatic rings. The summed E-state index contributed by atoms with van der Waals surface area (Å²) in [5.74, 6) is 0. The van der Waals surface area contributed by atoms with Gasteiger partial charge in [-0.25, -0.2) is 4.98 Å². The van der Waals surface area contributed by atoms with E-state index in [0.717, 1.165) is 17.3 Å². The lowest BCUT2D eigenvalue weighted by Crippen LogP contribution is -1.77. The number of aromatic nitrogens is 2. The summed E-state index contributed by atoms with van der Waals surface area (Å²) in [6, 6.07) is 5.33. The Morgan fingerprint density at radius 1 is 1.20 bits per heavy atom. The minimum Gasteiger partial charge on any atom is -0.345 e. The molecule has 0 saturated carbocycles. The number of benzene rings is 1. The molecule has 1 aromatic heterocycles. The van der Waals surface area contributed by atoms with E-state index >= 15 is 0 Å². The van der Waals surface area contributed by atoms with Crippen molar-refractivity contribution in [2.24, 2.45) is 0 Å². The van der Waals surface area contributed by atoms with Crippen LogP contribution in [-0.2, 0) is 0 Å². The Morgan fingerprint density at radius 2 is 1.87 bits per heavy atom. The summed E-state index contributed by atoms with van der Waals surface area (Å²) < 4.78 is 0. The molecular weight excluding hydrogens is 188 g/mol. The van der Waals surface area contributed by atoms with Crippen LogP contribution >= 0.6 is 0 Å². The summed E-state index contributed by atoms with van der Waals surface area (Å²) in [4.78, 5) is 17.3. The zero-order valence-corrected chi connectivity index (χ0v) is 9.74. The van der Waals surface area contributed by atoms with E-state index in [1.54, 1.807) is 18.5 Å². The number of nitrogens with one attached hydrogen (secondary N) is 1. The fourth-order valence-electron chi connectivity index (χ4n) is 1.03. The topological polar surface area (TPSA) is 45.8 Å². The van der Waals surface area contributed by atoms with Crippen LogP contribution in [0.3, 0.4) is 0 Å². The third-order valence-corrected chi connectivity index (χ3v) is 1.58. The van der Waals surface area contributed by atoms with Gasteiger partial charge < -0.3 is 4.98 Å². The maximum absolute atomic E-state index is 10.3. The normalized spacial score (nSPS) is 8.27. The van der Waals surface area contributed by atoms with E-state index in [-0.39, 0.29) is 0 Å². The molecule has 1 N–H and O–H groups in total. The van der Waals surface area contributed by atoms with Gasteiger partial charge in [0.2, 0.25) is 0 Å². The molecule has 82 valence electrons. The van der Waals surface area contributed by atoms with Crippen LogP contribution in [0.15, 0.2) is 24.5 Å². The molecule has 0 bridgehead atoms. The first-order valence-electron chi connectivity index (χ1n) is 5.28. The molecule has 15 heavy (non-hydrogen) atoms. The Bertz CT molecular complexity index is 393. The molecule has 0 saturated heterocycles. The Hall–Kier alpha value is -1.64. The highest BCUT2D eigenvalue weighted by Gasteiger charge is 1.95. The van der Waals surface area contributed by atoms with Crippen molar-refractivity contribution in [3.63, 3.8) is 0 Å². The largest absolute Gasteiger partial charge is 0.345 e. The summed E-state index contributed by atoms with van der Waals surface area (Å²) in [5, 5.41) is 0. The quantitative estimate of drug-likeness (QED) is 0.726. The fourth-order valence-corrected chi connectivity index (χ4v) is 1.03. The van der Waals surface area contributed by atoms with Crippen molar-refractivity contribution in [3.8, 4) is 0 Å². The minimum absolute atomic E-state index is 0.668. The number of hydrogen-bond acceptors (Lipinski definition) is 2. The average molecular weight is 206 g/mol. The van der Waals surface area contributed by atoms with Gasteiger partial charge in [0.15, 0.2) is 0 Å². The predicted molar refractivity (Wildman–Crippen MR) is 64.2 cm³/mol. The van der Waals surface area contributed by atoms with Crippen LogP contribution in [0.5, 0.6) is 0 Å². The first kappa shape index (κ1) is 13.4. The monoisotopic (exact) mass is 206 g/mol. The Morgan fingerprint density at radius 3 is 2.47 bits per heavy atom. The number of hydrogen-bond donors (Lipinski definition) is 1. The standard InChI is InChI=1S/C8H6N2O.2C2H6/c11-4-6-1-2-7-8(3-6)10-5-9-7;2*1-2/h1-5H,(H,9,10);2*1-2H3. The van der Waals surface area contributed by atoms with Crippen LogP contribution in [0.2, 0.25) is 0 Å². The first-order valence-corrected chi connectivity index (χ1v) is 5.28. The van der Waals surface area contributed by atoms with E-state index < -0.39 is 0 Å². The van der Waals surface area contributed by atoms with Gasteiger partial charge in [-0.15, -0.1) is 0 Å². The van der Waals surface area contributed by atoms with Crippen molar-refractivity contribution in [3.05, 3.63) is 30.1 Å². The molecule has 1 heterocycles. The van der Waals surface area contributed by atoms with E-state index in [2.05, 4.69) is 9.97 Å². The number of aldehydes is 1. The highest BCUT2D eigenvalue weighted by atomic mass is 16.1. The van der Waals surface area contributed by atoms with Gasteiger partial charge in [-0.05, 0) is 18.2 Å². The maximum atomic E-state index is 10.3.